The van der Waals surface area contributed by atoms with E-state index in [0.717, 1.165) is 6.42 Å². The van der Waals surface area contributed by atoms with Crippen molar-refractivity contribution in [3.63, 3.8) is 0 Å². The van der Waals surface area contributed by atoms with Crippen LogP contribution in [0.1, 0.15) is 39.0 Å². The maximum Gasteiger partial charge on any atom is 0.381 e. The van der Waals surface area contributed by atoms with Crippen molar-refractivity contribution in [2.45, 2.75) is 63.2 Å². The van der Waals surface area contributed by atoms with Crippen molar-refractivity contribution >= 4 is 11.9 Å². The molecule has 0 aliphatic heterocycles. The summed E-state index contributed by atoms with van der Waals surface area (Å²) in [4.78, 5) is 22.5. The van der Waals surface area contributed by atoms with Crippen molar-refractivity contribution in [2.24, 2.45) is 0 Å². The summed E-state index contributed by atoms with van der Waals surface area (Å²) in [6.45, 7) is -0.530. The van der Waals surface area contributed by atoms with Gasteiger partial charge in [0.1, 0.15) is 0 Å². The molecule has 4 nitrogen and oxygen atoms in total. The van der Waals surface area contributed by atoms with Gasteiger partial charge in [-0.1, -0.05) is 19.1 Å². The van der Waals surface area contributed by atoms with E-state index in [4.69, 9.17) is 4.74 Å². The Hall–Kier alpha value is -1.88. The fourth-order valence-corrected chi connectivity index (χ4v) is 1.69. The van der Waals surface area contributed by atoms with E-state index < -0.39 is 49.2 Å². The topological polar surface area (TPSA) is 52.6 Å². The van der Waals surface area contributed by atoms with E-state index in [9.17, 15) is 44.7 Å². The second-order valence-electron chi connectivity index (χ2n) is 5.61. The summed E-state index contributed by atoms with van der Waals surface area (Å²) in [5, 5.41) is 0. The van der Waals surface area contributed by atoms with E-state index in [1.54, 1.807) is 6.08 Å². The highest BCUT2D eigenvalue weighted by atomic mass is 19.4. The summed E-state index contributed by atoms with van der Waals surface area (Å²) in [5.74, 6) is -20.7. The van der Waals surface area contributed by atoms with Gasteiger partial charge in [0.15, 0.2) is 6.61 Å². The van der Waals surface area contributed by atoms with Crippen LogP contribution in [-0.2, 0) is 19.1 Å². The number of esters is 2. The molecule has 0 bridgehead atoms. The van der Waals surface area contributed by atoms with Crippen molar-refractivity contribution in [3.8, 4) is 0 Å². The molecule has 0 heterocycles. The molecule has 0 rings (SSSR count). The smallest absolute Gasteiger partial charge is 0.381 e. The zero-order valence-electron chi connectivity index (χ0n) is 14.8. The maximum absolute atomic E-state index is 13.2. The number of hydrogen-bond donors (Lipinski definition) is 0. The van der Waals surface area contributed by atoms with Crippen LogP contribution in [0, 0.1) is 0 Å². The highest BCUT2D eigenvalue weighted by molar-refractivity contribution is 5.72. The van der Waals surface area contributed by atoms with E-state index in [-0.39, 0.29) is 19.4 Å². The molecular formula is C16H20F8O4. The van der Waals surface area contributed by atoms with E-state index in [2.05, 4.69) is 4.74 Å². The first-order valence-electron chi connectivity index (χ1n) is 8.17. The molecule has 0 amide bonds. The quantitative estimate of drug-likeness (QED) is 0.184. The molecular weight excluding hydrogens is 408 g/mol. The molecule has 0 saturated carbocycles. The predicted molar refractivity (Wildman–Crippen MR) is 80.7 cm³/mol. The Morgan fingerprint density at radius 1 is 0.929 bits per heavy atom. The minimum atomic E-state index is -6.44. The highest BCUT2D eigenvalue weighted by Gasteiger charge is 2.75. The average molecular weight is 428 g/mol. The molecule has 0 unspecified atom stereocenters. The van der Waals surface area contributed by atoms with Gasteiger partial charge in [0.25, 0.3) is 0 Å². The van der Waals surface area contributed by atoms with E-state index in [1.807, 2.05) is 13.0 Å². The monoisotopic (exact) mass is 428 g/mol. The minimum Gasteiger partial charge on any atom is -0.465 e. The Morgan fingerprint density at radius 2 is 1.46 bits per heavy atom. The molecule has 0 spiro atoms. The minimum absolute atomic E-state index is 0.0828. The number of halogens is 8. The second-order valence-corrected chi connectivity index (χ2v) is 5.61. The Kier molecular flexibility index (Phi) is 10.4. The fourth-order valence-electron chi connectivity index (χ4n) is 1.69. The first-order valence-corrected chi connectivity index (χ1v) is 8.17. The van der Waals surface area contributed by atoms with Crippen LogP contribution in [0.2, 0.25) is 0 Å². The van der Waals surface area contributed by atoms with Crippen LogP contribution in [0.25, 0.3) is 0 Å². The van der Waals surface area contributed by atoms with Gasteiger partial charge in [0.05, 0.1) is 6.61 Å². The summed E-state index contributed by atoms with van der Waals surface area (Å²) in [6.07, 6.45) is -1.36. The molecule has 164 valence electrons. The Balaban J connectivity index is 4.33. The van der Waals surface area contributed by atoms with Crippen molar-refractivity contribution in [1.29, 1.82) is 0 Å². The number of rotatable bonds is 13. The molecule has 0 aromatic carbocycles. The fraction of sp³-hybridized carbons (Fsp3) is 0.750. The van der Waals surface area contributed by atoms with Crippen molar-refractivity contribution < 1.29 is 54.2 Å². The van der Waals surface area contributed by atoms with Gasteiger partial charge in [-0.05, 0) is 19.3 Å². The van der Waals surface area contributed by atoms with E-state index in [0.29, 0.717) is 6.42 Å². The predicted octanol–water partition coefficient (Wildman–Crippen LogP) is 4.77. The molecule has 0 aromatic rings. The Bertz CT molecular complexity index is 535. The van der Waals surface area contributed by atoms with Crippen LogP contribution in [0.3, 0.4) is 0 Å². The maximum atomic E-state index is 13.2. The summed E-state index contributed by atoms with van der Waals surface area (Å²) in [7, 11) is 0. The lowest BCUT2D eigenvalue weighted by Gasteiger charge is -2.31. The summed E-state index contributed by atoms with van der Waals surface area (Å²) in [5.41, 5.74) is 0. The molecule has 0 fully saturated rings. The lowest BCUT2D eigenvalue weighted by atomic mass is 10.1. The SMILES string of the molecule is CC/C=C/CCOC(=O)CCCC(=O)OCC(F)(F)C(F)(F)C(F)(F)C(F)F. The zero-order chi connectivity index (χ0) is 22.0. The number of ether oxygens (including phenoxy) is 2. The molecule has 0 saturated heterocycles. The number of allylic oxidation sites excluding steroid dienone is 1. The molecule has 0 N–H and O–H groups in total. The van der Waals surface area contributed by atoms with Gasteiger partial charge >= 0.3 is 36.1 Å². The lowest BCUT2D eigenvalue weighted by Crippen LogP contribution is -2.59. The van der Waals surface area contributed by atoms with Crippen LogP contribution in [-0.4, -0.2) is 49.3 Å². The molecule has 28 heavy (non-hydrogen) atoms. The standard InChI is InChI=1S/C16H20F8O4/c1-2-3-4-5-9-27-11(25)7-6-8-12(26)28-10-14(19,20)16(23,24)15(21,22)13(17)18/h3-4,13H,2,5-10H2,1H3/b4-3+. The third kappa shape index (κ3) is 7.63. The summed E-state index contributed by atoms with van der Waals surface area (Å²) in [6, 6.07) is 0. The number of alkyl halides is 8. The van der Waals surface area contributed by atoms with Gasteiger partial charge in [-0.15, -0.1) is 0 Å². The summed E-state index contributed by atoms with van der Waals surface area (Å²) < 4.78 is 110. The van der Waals surface area contributed by atoms with Gasteiger partial charge in [0.2, 0.25) is 0 Å². The number of hydrogen-bond acceptors (Lipinski definition) is 4. The van der Waals surface area contributed by atoms with Gasteiger partial charge in [-0.3, -0.25) is 9.59 Å². The first kappa shape index (κ1) is 26.1. The molecule has 0 atom stereocenters. The number of carbonyl (C=O) groups excluding carboxylic acids is 2. The van der Waals surface area contributed by atoms with Crippen LogP contribution in [0.4, 0.5) is 35.1 Å². The van der Waals surface area contributed by atoms with Crippen molar-refractivity contribution in [3.05, 3.63) is 12.2 Å². The molecule has 0 aliphatic carbocycles. The van der Waals surface area contributed by atoms with Crippen LogP contribution < -0.4 is 0 Å². The lowest BCUT2D eigenvalue weighted by molar-refractivity contribution is -0.344. The highest BCUT2D eigenvalue weighted by Crippen LogP contribution is 2.48. The first-order chi connectivity index (χ1) is 12.8. The third-order valence-corrected chi connectivity index (χ3v) is 3.28. The second kappa shape index (κ2) is 11.2. The summed E-state index contributed by atoms with van der Waals surface area (Å²) >= 11 is 0. The van der Waals surface area contributed by atoms with E-state index >= 15 is 0 Å². The molecule has 0 radical (unpaired) electrons. The van der Waals surface area contributed by atoms with Gasteiger partial charge in [-0.2, -0.15) is 26.3 Å². The average Bonchev–Trinajstić information content (AvgIpc) is 2.59. The van der Waals surface area contributed by atoms with Crippen molar-refractivity contribution in [1.82, 2.24) is 0 Å². The van der Waals surface area contributed by atoms with Gasteiger partial charge in [-0.25, -0.2) is 8.78 Å². The van der Waals surface area contributed by atoms with Gasteiger partial charge < -0.3 is 9.47 Å². The number of carbonyl (C=O) groups is 2. The third-order valence-electron chi connectivity index (χ3n) is 3.28. The largest absolute Gasteiger partial charge is 0.465 e. The molecule has 0 aromatic heterocycles. The molecule has 12 heteroatoms. The normalized spacial score (nSPS) is 13.2. The van der Waals surface area contributed by atoms with Crippen molar-refractivity contribution in [2.75, 3.05) is 13.2 Å². The van der Waals surface area contributed by atoms with Crippen LogP contribution >= 0.6 is 0 Å². The Morgan fingerprint density at radius 3 is 1.96 bits per heavy atom. The van der Waals surface area contributed by atoms with Gasteiger partial charge in [0, 0.05) is 12.8 Å². The Labute approximate surface area is 155 Å². The van der Waals surface area contributed by atoms with Crippen LogP contribution in [0.5, 0.6) is 0 Å². The molecule has 0 aliphatic rings. The zero-order valence-corrected chi connectivity index (χ0v) is 14.8. The van der Waals surface area contributed by atoms with E-state index in [1.165, 1.54) is 0 Å². The van der Waals surface area contributed by atoms with Crippen LogP contribution in [0.15, 0.2) is 12.2 Å².